The van der Waals surface area contributed by atoms with E-state index in [4.69, 9.17) is 5.73 Å². The third-order valence-corrected chi connectivity index (χ3v) is 3.04. The lowest BCUT2D eigenvalue weighted by Gasteiger charge is -2.18. The van der Waals surface area contributed by atoms with E-state index in [9.17, 15) is 4.79 Å². The second-order valence-corrected chi connectivity index (χ2v) is 3.99. The van der Waals surface area contributed by atoms with Gasteiger partial charge in [-0.2, -0.15) is 0 Å². The standard InChI is InChI=1S/C11H16N2O/c1-13-7-6-8-4-2-3-5-9(8)10(12)11(13)14/h3,5,10H,2,4,6-7,12H2,1H3/t10-/m0/s1. The molecule has 0 saturated carbocycles. The summed E-state index contributed by atoms with van der Waals surface area (Å²) in [5, 5.41) is 0. The lowest BCUT2D eigenvalue weighted by molar-refractivity contribution is -0.130. The lowest BCUT2D eigenvalue weighted by Crippen LogP contribution is -2.41. The molecule has 0 aromatic carbocycles. The average Bonchev–Trinajstić information content (AvgIpc) is 2.32. The van der Waals surface area contributed by atoms with Gasteiger partial charge in [-0.1, -0.05) is 17.7 Å². The van der Waals surface area contributed by atoms with Crippen molar-refractivity contribution in [2.45, 2.75) is 25.3 Å². The number of carbonyl (C=O) groups is 1. The van der Waals surface area contributed by atoms with E-state index in [2.05, 4.69) is 6.08 Å². The highest BCUT2D eigenvalue weighted by molar-refractivity contribution is 5.86. The van der Waals surface area contributed by atoms with Crippen LogP contribution in [0.5, 0.6) is 0 Å². The molecule has 2 aliphatic rings. The third-order valence-electron chi connectivity index (χ3n) is 3.04. The van der Waals surface area contributed by atoms with E-state index >= 15 is 0 Å². The number of carbonyl (C=O) groups excluding carboxylic acids is 1. The molecule has 1 atom stereocenters. The summed E-state index contributed by atoms with van der Waals surface area (Å²) in [6, 6.07) is -0.436. The minimum Gasteiger partial charge on any atom is -0.344 e. The lowest BCUT2D eigenvalue weighted by atomic mass is 9.92. The van der Waals surface area contributed by atoms with Crippen LogP contribution < -0.4 is 5.73 Å². The van der Waals surface area contributed by atoms with Gasteiger partial charge < -0.3 is 10.6 Å². The summed E-state index contributed by atoms with van der Waals surface area (Å²) in [4.78, 5) is 13.5. The molecule has 0 spiro atoms. The van der Waals surface area contributed by atoms with Crippen molar-refractivity contribution >= 4 is 5.91 Å². The van der Waals surface area contributed by atoms with Gasteiger partial charge in [0.2, 0.25) is 5.91 Å². The number of likely N-dealkylation sites (N-methyl/N-ethyl adjacent to an activating group) is 1. The first kappa shape index (κ1) is 9.46. The quantitative estimate of drug-likeness (QED) is 0.617. The van der Waals surface area contributed by atoms with Gasteiger partial charge in [0.1, 0.15) is 6.04 Å². The fourth-order valence-corrected chi connectivity index (χ4v) is 2.11. The summed E-state index contributed by atoms with van der Waals surface area (Å²) < 4.78 is 0. The zero-order valence-electron chi connectivity index (χ0n) is 8.49. The highest BCUT2D eigenvalue weighted by Crippen LogP contribution is 2.26. The van der Waals surface area contributed by atoms with Crippen LogP contribution >= 0.6 is 0 Å². The molecule has 1 heterocycles. The third kappa shape index (κ3) is 1.48. The zero-order valence-corrected chi connectivity index (χ0v) is 8.49. The van der Waals surface area contributed by atoms with Crippen molar-refractivity contribution in [3.8, 4) is 0 Å². The van der Waals surface area contributed by atoms with Crippen molar-refractivity contribution in [2.24, 2.45) is 5.73 Å². The van der Waals surface area contributed by atoms with Gasteiger partial charge in [0, 0.05) is 13.6 Å². The van der Waals surface area contributed by atoms with Crippen LogP contribution in [0.4, 0.5) is 0 Å². The van der Waals surface area contributed by atoms with E-state index in [0.29, 0.717) is 0 Å². The van der Waals surface area contributed by atoms with Crippen molar-refractivity contribution in [3.63, 3.8) is 0 Å². The van der Waals surface area contributed by atoms with E-state index in [1.807, 2.05) is 13.1 Å². The summed E-state index contributed by atoms with van der Waals surface area (Å²) in [6.45, 7) is 0.805. The molecule has 0 aromatic heterocycles. The average molecular weight is 192 g/mol. The molecule has 2 rings (SSSR count). The highest BCUT2D eigenvalue weighted by Gasteiger charge is 2.27. The van der Waals surface area contributed by atoms with E-state index in [1.165, 1.54) is 5.57 Å². The molecule has 1 aliphatic carbocycles. The fraction of sp³-hybridized carbons (Fsp3) is 0.545. The molecule has 0 aromatic rings. The van der Waals surface area contributed by atoms with Crippen LogP contribution in [-0.2, 0) is 4.79 Å². The fourth-order valence-electron chi connectivity index (χ4n) is 2.11. The van der Waals surface area contributed by atoms with Gasteiger partial charge in [-0.25, -0.2) is 0 Å². The van der Waals surface area contributed by atoms with E-state index in [-0.39, 0.29) is 5.91 Å². The molecule has 0 radical (unpaired) electrons. The Hall–Kier alpha value is -1.09. The Morgan fingerprint density at radius 3 is 3.07 bits per heavy atom. The Kier molecular flexibility index (Phi) is 2.42. The Balaban J connectivity index is 2.33. The summed E-state index contributed by atoms with van der Waals surface area (Å²) in [6.07, 6.45) is 7.28. The minimum absolute atomic E-state index is 0.0431. The number of hydrogen-bond donors (Lipinski definition) is 1. The van der Waals surface area contributed by atoms with E-state index in [1.54, 1.807) is 4.90 Å². The maximum absolute atomic E-state index is 11.7. The normalized spacial score (nSPS) is 27.7. The van der Waals surface area contributed by atoms with Gasteiger partial charge in [0.15, 0.2) is 0 Å². The van der Waals surface area contributed by atoms with Gasteiger partial charge in [0.25, 0.3) is 0 Å². The van der Waals surface area contributed by atoms with Crippen LogP contribution in [0.25, 0.3) is 0 Å². The monoisotopic (exact) mass is 192 g/mol. The first-order valence-electron chi connectivity index (χ1n) is 5.09. The number of amides is 1. The predicted octanol–water partition coefficient (Wildman–Crippen LogP) is 0.822. The minimum atomic E-state index is -0.436. The topological polar surface area (TPSA) is 46.3 Å². The van der Waals surface area contributed by atoms with Crippen LogP contribution in [-0.4, -0.2) is 30.4 Å². The molecule has 2 N–H and O–H groups in total. The summed E-state index contributed by atoms with van der Waals surface area (Å²) in [5.41, 5.74) is 8.36. The van der Waals surface area contributed by atoms with Crippen molar-refractivity contribution in [1.29, 1.82) is 0 Å². The largest absolute Gasteiger partial charge is 0.344 e. The molecule has 76 valence electrons. The molecular formula is C11H16N2O. The summed E-state index contributed by atoms with van der Waals surface area (Å²) in [7, 11) is 1.82. The van der Waals surface area contributed by atoms with Crippen molar-refractivity contribution in [3.05, 3.63) is 23.3 Å². The Bertz CT molecular complexity index is 317. The van der Waals surface area contributed by atoms with Crippen molar-refractivity contribution < 1.29 is 4.79 Å². The van der Waals surface area contributed by atoms with Gasteiger partial charge >= 0.3 is 0 Å². The van der Waals surface area contributed by atoms with Crippen LogP contribution in [0.1, 0.15) is 19.3 Å². The summed E-state index contributed by atoms with van der Waals surface area (Å²) >= 11 is 0. The maximum Gasteiger partial charge on any atom is 0.243 e. The van der Waals surface area contributed by atoms with Crippen molar-refractivity contribution in [1.82, 2.24) is 4.90 Å². The molecular weight excluding hydrogens is 176 g/mol. The SMILES string of the molecule is CN1CCC2=C(C=CCC2)[C@H](N)C1=O. The van der Waals surface area contributed by atoms with E-state index in [0.717, 1.165) is 31.4 Å². The second kappa shape index (κ2) is 3.58. The van der Waals surface area contributed by atoms with Gasteiger partial charge in [-0.3, -0.25) is 4.79 Å². The van der Waals surface area contributed by atoms with Crippen LogP contribution in [0.3, 0.4) is 0 Å². The van der Waals surface area contributed by atoms with Crippen LogP contribution in [0.2, 0.25) is 0 Å². The van der Waals surface area contributed by atoms with Gasteiger partial charge in [-0.05, 0) is 24.8 Å². The summed E-state index contributed by atoms with van der Waals surface area (Å²) in [5.74, 6) is 0.0431. The molecule has 1 amide bonds. The molecule has 3 nitrogen and oxygen atoms in total. The maximum atomic E-state index is 11.7. The zero-order chi connectivity index (χ0) is 10.1. The van der Waals surface area contributed by atoms with Crippen LogP contribution in [0.15, 0.2) is 23.3 Å². The smallest absolute Gasteiger partial charge is 0.243 e. The predicted molar refractivity (Wildman–Crippen MR) is 55.6 cm³/mol. The van der Waals surface area contributed by atoms with E-state index < -0.39 is 6.04 Å². The number of rotatable bonds is 0. The molecule has 0 bridgehead atoms. The number of hydrogen-bond acceptors (Lipinski definition) is 2. The second-order valence-electron chi connectivity index (χ2n) is 3.99. The first-order chi connectivity index (χ1) is 6.70. The van der Waals surface area contributed by atoms with Gasteiger partial charge in [-0.15, -0.1) is 0 Å². The Morgan fingerprint density at radius 1 is 1.50 bits per heavy atom. The Labute approximate surface area is 84.3 Å². The Morgan fingerprint density at radius 2 is 2.29 bits per heavy atom. The molecule has 0 fully saturated rings. The molecule has 3 heteroatoms. The molecule has 0 unspecified atom stereocenters. The van der Waals surface area contributed by atoms with Crippen molar-refractivity contribution in [2.75, 3.05) is 13.6 Å². The molecule has 0 saturated heterocycles. The first-order valence-corrected chi connectivity index (χ1v) is 5.09. The number of allylic oxidation sites excluding steroid dienone is 1. The van der Waals surface area contributed by atoms with Gasteiger partial charge in [0.05, 0.1) is 0 Å². The highest BCUT2D eigenvalue weighted by atomic mass is 16.2. The number of nitrogens with zero attached hydrogens (tertiary/aromatic N) is 1. The number of nitrogens with two attached hydrogens (primary N) is 1. The molecule has 14 heavy (non-hydrogen) atoms. The van der Waals surface area contributed by atoms with Crippen LogP contribution in [0, 0.1) is 0 Å². The molecule has 1 aliphatic heterocycles.